The van der Waals surface area contributed by atoms with Crippen LogP contribution in [0.5, 0.6) is 0 Å². The van der Waals surface area contributed by atoms with Crippen molar-refractivity contribution in [3.05, 3.63) is 47.1 Å². The van der Waals surface area contributed by atoms with E-state index in [2.05, 4.69) is 0 Å². The minimum Gasteiger partial charge on any atom is -0.491 e. The van der Waals surface area contributed by atoms with Crippen LogP contribution in [0.4, 0.5) is 4.39 Å². The molecule has 0 amide bonds. The SMILES string of the molecule is CCN1C(C)C(=O)C(OC)=C2C(=O)C(Cc3ccc(F)cc3)CCN21. The first kappa shape index (κ1) is 17.6. The number of halogens is 1. The molecule has 1 aromatic carbocycles. The van der Waals surface area contributed by atoms with Crippen molar-refractivity contribution >= 4 is 11.6 Å². The molecule has 6 heteroatoms. The van der Waals surface area contributed by atoms with Gasteiger partial charge in [-0.3, -0.25) is 14.6 Å². The lowest BCUT2D eigenvalue weighted by Gasteiger charge is -2.47. The number of methoxy groups -OCH3 is 1. The summed E-state index contributed by atoms with van der Waals surface area (Å²) in [6.45, 7) is 5.10. The molecule has 2 unspecified atom stereocenters. The molecule has 0 saturated carbocycles. The maximum Gasteiger partial charge on any atom is 0.218 e. The summed E-state index contributed by atoms with van der Waals surface area (Å²) in [7, 11) is 1.43. The molecule has 25 heavy (non-hydrogen) atoms. The van der Waals surface area contributed by atoms with E-state index in [0.29, 0.717) is 31.6 Å². The number of nitrogens with zero attached hydrogens (tertiary/aromatic N) is 2. The highest BCUT2D eigenvalue weighted by molar-refractivity contribution is 6.08. The van der Waals surface area contributed by atoms with Crippen LogP contribution in [-0.2, 0) is 20.7 Å². The number of fused-ring (bicyclic) bond motifs is 1. The molecule has 5 nitrogen and oxygen atoms in total. The van der Waals surface area contributed by atoms with Crippen LogP contribution in [0.15, 0.2) is 35.7 Å². The van der Waals surface area contributed by atoms with Crippen LogP contribution in [0, 0.1) is 11.7 Å². The first-order valence-corrected chi connectivity index (χ1v) is 8.63. The van der Waals surface area contributed by atoms with E-state index >= 15 is 0 Å². The Balaban J connectivity index is 1.91. The Morgan fingerprint density at radius 3 is 2.48 bits per heavy atom. The Hall–Kier alpha value is -2.21. The summed E-state index contributed by atoms with van der Waals surface area (Å²) in [5.74, 6) is -0.606. The molecule has 2 atom stereocenters. The van der Waals surface area contributed by atoms with Crippen molar-refractivity contribution in [3.8, 4) is 0 Å². The van der Waals surface area contributed by atoms with Gasteiger partial charge in [-0.25, -0.2) is 9.40 Å². The molecule has 0 N–H and O–H groups in total. The number of hydrogen-bond acceptors (Lipinski definition) is 5. The molecule has 0 aromatic heterocycles. The standard InChI is InChI=1S/C19H23FN2O3/c1-4-21-12(2)17(23)19(25-3)16-18(24)14(9-10-22(16)21)11-13-5-7-15(20)8-6-13/h5-8,12,14H,4,9-11H2,1-3H3. The van der Waals surface area contributed by atoms with Gasteiger partial charge in [0.15, 0.2) is 11.5 Å². The lowest BCUT2D eigenvalue weighted by molar-refractivity contribution is -0.145. The summed E-state index contributed by atoms with van der Waals surface area (Å²) >= 11 is 0. The molecule has 3 rings (SSSR count). The zero-order valence-corrected chi connectivity index (χ0v) is 14.8. The summed E-state index contributed by atoms with van der Waals surface area (Å²) in [4.78, 5) is 25.7. The van der Waals surface area contributed by atoms with E-state index in [9.17, 15) is 14.0 Å². The normalized spacial score (nSPS) is 24.6. The van der Waals surface area contributed by atoms with E-state index in [0.717, 1.165) is 5.56 Å². The lowest BCUT2D eigenvalue weighted by atomic mass is 9.85. The van der Waals surface area contributed by atoms with Crippen molar-refractivity contribution in [1.29, 1.82) is 0 Å². The number of benzene rings is 1. The number of piperidine rings is 1. The van der Waals surface area contributed by atoms with Gasteiger partial charge in [0.1, 0.15) is 11.5 Å². The average molecular weight is 346 g/mol. The monoisotopic (exact) mass is 346 g/mol. The van der Waals surface area contributed by atoms with E-state index < -0.39 is 0 Å². The highest BCUT2D eigenvalue weighted by Gasteiger charge is 2.45. The second-order valence-electron chi connectivity index (χ2n) is 6.48. The minimum absolute atomic E-state index is 0.0777. The lowest BCUT2D eigenvalue weighted by Crippen LogP contribution is -2.59. The topological polar surface area (TPSA) is 49.9 Å². The first-order valence-electron chi connectivity index (χ1n) is 8.63. The third-order valence-corrected chi connectivity index (χ3v) is 5.05. The first-order chi connectivity index (χ1) is 12.0. The van der Waals surface area contributed by atoms with E-state index in [1.807, 2.05) is 23.9 Å². The molecule has 134 valence electrons. The number of carbonyl (C=O) groups is 2. The highest BCUT2D eigenvalue weighted by atomic mass is 19.1. The zero-order valence-electron chi connectivity index (χ0n) is 14.8. The van der Waals surface area contributed by atoms with E-state index in [-0.39, 0.29) is 35.1 Å². The number of Topliss-reactive ketones (excluding diaryl/α,β-unsaturated/α-hetero) is 2. The van der Waals surface area contributed by atoms with Crippen LogP contribution in [0.2, 0.25) is 0 Å². The van der Waals surface area contributed by atoms with E-state index in [1.165, 1.54) is 19.2 Å². The van der Waals surface area contributed by atoms with Gasteiger partial charge in [0.05, 0.1) is 13.2 Å². The number of rotatable bonds is 4. The average Bonchev–Trinajstić information content (AvgIpc) is 2.61. The van der Waals surface area contributed by atoms with Crippen molar-refractivity contribution in [2.45, 2.75) is 32.7 Å². The second kappa shape index (κ2) is 6.96. The fraction of sp³-hybridized carbons (Fsp3) is 0.474. The van der Waals surface area contributed by atoms with Crippen molar-refractivity contribution in [3.63, 3.8) is 0 Å². The summed E-state index contributed by atoms with van der Waals surface area (Å²) < 4.78 is 18.4. The number of likely N-dealkylation sites (N-methyl/N-ethyl adjacent to an activating group) is 1. The van der Waals surface area contributed by atoms with E-state index in [1.54, 1.807) is 12.1 Å². The van der Waals surface area contributed by atoms with Crippen LogP contribution in [0.25, 0.3) is 0 Å². The molecule has 2 heterocycles. The summed E-state index contributed by atoms with van der Waals surface area (Å²) in [6.07, 6.45) is 1.22. The van der Waals surface area contributed by atoms with Gasteiger partial charge < -0.3 is 4.74 Å². The Morgan fingerprint density at radius 2 is 1.88 bits per heavy atom. The number of hydrazine groups is 1. The number of ketones is 2. The predicted molar refractivity (Wildman–Crippen MR) is 90.8 cm³/mol. The smallest absolute Gasteiger partial charge is 0.218 e. The molecular formula is C19H23FN2O3. The number of allylic oxidation sites excluding steroid dienone is 1. The van der Waals surface area contributed by atoms with Crippen LogP contribution < -0.4 is 0 Å². The van der Waals surface area contributed by atoms with Gasteiger partial charge in [0, 0.05) is 19.0 Å². The maximum absolute atomic E-state index is 13.1. The van der Waals surface area contributed by atoms with Gasteiger partial charge in [-0.15, -0.1) is 0 Å². The van der Waals surface area contributed by atoms with Crippen LogP contribution in [0.1, 0.15) is 25.8 Å². The molecule has 0 aliphatic carbocycles. The van der Waals surface area contributed by atoms with Gasteiger partial charge in [0.25, 0.3) is 0 Å². The maximum atomic E-state index is 13.1. The minimum atomic E-state index is -0.342. The fourth-order valence-corrected chi connectivity index (χ4v) is 3.72. The Morgan fingerprint density at radius 1 is 1.20 bits per heavy atom. The molecule has 1 fully saturated rings. The van der Waals surface area contributed by atoms with Crippen molar-refractivity contribution < 1.29 is 18.7 Å². The number of ether oxygens (including phenoxy) is 1. The molecule has 1 saturated heterocycles. The quantitative estimate of drug-likeness (QED) is 0.837. The molecule has 0 spiro atoms. The largest absolute Gasteiger partial charge is 0.491 e. The molecule has 0 radical (unpaired) electrons. The number of hydrogen-bond donors (Lipinski definition) is 0. The predicted octanol–water partition coefficient (Wildman–Crippen LogP) is 2.33. The van der Waals surface area contributed by atoms with Crippen LogP contribution >= 0.6 is 0 Å². The third-order valence-electron chi connectivity index (χ3n) is 5.05. The van der Waals surface area contributed by atoms with E-state index in [4.69, 9.17) is 4.74 Å². The van der Waals surface area contributed by atoms with Crippen molar-refractivity contribution in [2.24, 2.45) is 5.92 Å². The molecular weight excluding hydrogens is 323 g/mol. The summed E-state index contributed by atoms with van der Waals surface area (Å²) in [6, 6.07) is 5.86. The van der Waals surface area contributed by atoms with Gasteiger partial charge in [-0.1, -0.05) is 19.1 Å². The fourth-order valence-electron chi connectivity index (χ4n) is 3.72. The van der Waals surface area contributed by atoms with Crippen molar-refractivity contribution in [2.75, 3.05) is 20.2 Å². The summed E-state index contributed by atoms with van der Waals surface area (Å²) in [5.41, 5.74) is 1.28. The highest BCUT2D eigenvalue weighted by Crippen LogP contribution is 2.34. The van der Waals surface area contributed by atoms with Crippen LogP contribution in [-0.4, -0.2) is 47.8 Å². The van der Waals surface area contributed by atoms with Gasteiger partial charge in [-0.05, 0) is 37.5 Å². The molecule has 2 aliphatic rings. The van der Waals surface area contributed by atoms with Gasteiger partial charge in [0.2, 0.25) is 5.78 Å². The molecule has 0 bridgehead atoms. The molecule has 1 aromatic rings. The molecule has 2 aliphatic heterocycles. The van der Waals surface area contributed by atoms with Crippen molar-refractivity contribution in [1.82, 2.24) is 10.0 Å². The number of carbonyl (C=O) groups excluding carboxylic acids is 2. The Bertz CT molecular complexity index is 714. The summed E-state index contributed by atoms with van der Waals surface area (Å²) in [5, 5.41) is 3.82. The zero-order chi connectivity index (χ0) is 18.1. The van der Waals surface area contributed by atoms with Crippen LogP contribution in [0.3, 0.4) is 0 Å². The van der Waals surface area contributed by atoms with Gasteiger partial charge >= 0.3 is 0 Å². The third kappa shape index (κ3) is 3.06. The Labute approximate surface area is 147 Å². The van der Waals surface area contributed by atoms with Gasteiger partial charge in [-0.2, -0.15) is 0 Å². The second-order valence-corrected chi connectivity index (χ2v) is 6.48. The Kier molecular flexibility index (Phi) is 4.90.